The van der Waals surface area contributed by atoms with Crippen molar-refractivity contribution < 1.29 is 13.2 Å². The normalized spacial score (nSPS) is 15.2. The predicted molar refractivity (Wildman–Crippen MR) is 81.4 cm³/mol. The molecule has 0 aromatic heterocycles. The van der Waals surface area contributed by atoms with Crippen molar-refractivity contribution in [3.05, 3.63) is 54.1 Å². The fraction of sp³-hybridized carbons (Fsp3) is 0.133. The minimum atomic E-state index is -3.60. The van der Waals surface area contributed by atoms with Crippen molar-refractivity contribution in [2.75, 3.05) is 11.9 Å². The van der Waals surface area contributed by atoms with Crippen LogP contribution in [0.5, 0.6) is 5.75 Å². The van der Waals surface area contributed by atoms with Crippen LogP contribution in [0.4, 0.5) is 5.69 Å². The fourth-order valence-electron chi connectivity index (χ4n) is 2.16. The van der Waals surface area contributed by atoms with Crippen molar-refractivity contribution in [1.82, 2.24) is 0 Å². The van der Waals surface area contributed by atoms with Gasteiger partial charge in [0.05, 0.1) is 6.61 Å². The largest absolute Gasteiger partial charge is 0.494 e. The second kappa shape index (κ2) is 5.21. The Kier molecular flexibility index (Phi) is 3.39. The van der Waals surface area contributed by atoms with E-state index >= 15 is 0 Å². The second-order valence-electron chi connectivity index (χ2n) is 4.50. The third-order valence-electron chi connectivity index (χ3n) is 3.04. The van der Waals surface area contributed by atoms with E-state index < -0.39 is 10.0 Å². The fourth-order valence-corrected chi connectivity index (χ4v) is 3.34. The minimum absolute atomic E-state index is 0.230. The topological polar surface area (TPSA) is 67.8 Å². The van der Waals surface area contributed by atoms with Crippen molar-refractivity contribution >= 4 is 21.5 Å². The third kappa shape index (κ3) is 2.62. The van der Waals surface area contributed by atoms with Gasteiger partial charge in [-0.05, 0) is 31.2 Å². The Labute approximate surface area is 123 Å². The van der Waals surface area contributed by atoms with E-state index in [1.165, 1.54) is 0 Å². The number of amidine groups is 1. The molecule has 1 N–H and O–H groups in total. The van der Waals surface area contributed by atoms with Crippen LogP contribution < -0.4 is 10.1 Å². The molecule has 0 saturated carbocycles. The molecule has 0 saturated heterocycles. The Hall–Kier alpha value is -2.34. The molecular weight excluding hydrogens is 288 g/mol. The average molecular weight is 302 g/mol. The van der Waals surface area contributed by atoms with E-state index in [4.69, 9.17) is 4.74 Å². The average Bonchev–Trinajstić information content (AvgIpc) is 2.72. The Morgan fingerprint density at radius 1 is 1.14 bits per heavy atom. The predicted octanol–water partition coefficient (Wildman–Crippen LogP) is 2.65. The highest BCUT2D eigenvalue weighted by Gasteiger charge is 2.28. The Morgan fingerprint density at radius 2 is 1.95 bits per heavy atom. The number of nitrogens with one attached hydrogen (secondary N) is 1. The Balaban J connectivity index is 1.95. The maximum absolute atomic E-state index is 12.0. The zero-order valence-electron chi connectivity index (χ0n) is 11.4. The van der Waals surface area contributed by atoms with E-state index in [0.29, 0.717) is 18.0 Å². The van der Waals surface area contributed by atoms with Gasteiger partial charge in [0.2, 0.25) is 0 Å². The van der Waals surface area contributed by atoms with E-state index in [1.807, 2.05) is 25.1 Å². The van der Waals surface area contributed by atoms with Crippen molar-refractivity contribution in [2.24, 2.45) is 4.40 Å². The number of sulfonamides is 1. The molecule has 2 aromatic carbocycles. The van der Waals surface area contributed by atoms with Gasteiger partial charge in [-0.3, -0.25) is 0 Å². The van der Waals surface area contributed by atoms with Crippen LogP contribution in [0.25, 0.3) is 0 Å². The van der Waals surface area contributed by atoms with Crippen LogP contribution in [0, 0.1) is 0 Å². The molecule has 2 aromatic rings. The van der Waals surface area contributed by atoms with Gasteiger partial charge in [-0.25, -0.2) is 0 Å². The molecule has 0 bridgehead atoms. The summed E-state index contributed by atoms with van der Waals surface area (Å²) in [6, 6.07) is 14.1. The first-order chi connectivity index (χ1) is 10.1. The molecule has 5 nitrogen and oxygen atoms in total. The Morgan fingerprint density at radius 3 is 2.76 bits per heavy atom. The molecule has 6 heteroatoms. The number of benzene rings is 2. The lowest BCUT2D eigenvalue weighted by molar-refractivity contribution is 0.340. The van der Waals surface area contributed by atoms with Crippen molar-refractivity contribution in [3.63, 3.8) is 0 Å². The van der Waals surface area contributed by atoms with Crippen LogP contribution in [-0.4, -0.2) is 20.9 Å². The second-order valence-corrected chi connectivity index (χ2v) is 6.07. The zero-order valence-corrected chi connectivity index (χ0v) is 12.2. The lowest BCUT2D eigenvalue weighted by atomic mass is 10.2. The van der Waals surface area contributed by atoms with Crippen LogP contribution in [-0.2, 0) is 10.0 Å². The summed E-state index contributed by atoms with van der Waals surface area (Å²) >= 11 is 0. The number of nitrogens with zero attached hydrogens (tertiary/aromatic N) is 1. The number of ether oxygens (including phenoxy) is 1. The SMILES string of the molecule is CCOc1cccc(NC2=NS(=O)(=O)c3ccccc32)c1. The van der Waals surface area contributed by atoms with Gasteiger partial charge in [0.1, 0.15) is 10.6 Å². The Bertz CT molecular complexity index is 813. The lowest BCUT2D eigenvalue weighted by Gasteiger charge is -2.08. The summed E-state index contributed by atoms with van der Waals surface area (Å²) < 4.78 is 33.2. The van der Waals surface area contributed by atoms with Crippen LogP contribution >= 0.6 is 0 Å². The van der Waals surface area contributed by atoms with Gasteiger partial charge in [0.15, 0.2) is 5.84 Å². The van der Waals surface area contributed by atoms with Crippen LogP contribution in [0.2, 0.25) is 0 Å². The molecule has 0 fully saturated rings. The summed E-state index contributed by atoms with van der Waals surface area (Å²) in [7, 11) is -3.60. The van der Waals surface area contributed by atoms with Gasteiger partial charge < -0.3 is 10.1 Å². The van der Waals surface area contributed by atoms with E-state index in [9.17, 15) is 8.42 Å². The lowest BCUT2D eigenvalue weighted by Crippen LogP contribution is -2.11. The number of anilines is 1. The summed E-state index contributed by atoms with van der Waals surface area (Å²) in [5.74, 6) is 1.05. The van der Waals surface area contributed by atoms with Gasteiger partial charge in [0, 0.05) is 17.3 Å². The standard InChI is InChI=1S/C15H14N2O3S/c1-2-20-12-7-5-6-11(10-12)16-15-13-8-3-4-9-14(13)21(18,19)17-15/h3-10H,2H2,1H3,(H,16,17). The molecule has 3 rings (SSSR count). The molecule has 0 spiro atoms. The highest BCUT2D eigenvalue weighted by molar-refractivity contribution is 7.90. The van der Waals surface area contributed by atoms with Gasteiger partial charge in [0.25, 0.3) is 10.0 Å². The van der Waals surface area contributed by atoms with Crippen molar-refractivity contribution in [1.29, 1.82) is 0 Å². The molecule has 1 aliphatic rings. The van der Waals surface area contributed by atoms with Crippen LogP contribution in [0.15, 0.2) is 57.8 Å². The van der Waals surface area contributed by atoms with E-state index in [1.54, 1.807) is 30.3 Å². The van der Waals surface area contributed by atoms with Gasteiger partial charge in [-0.2, -0.15) is 8.42 Å². The molecule has 0 aliphatic carbocycles. The first kappa shape index (κ1) is 13.6. The summed E-state index contributed by atoms with van der Waals surface area (Å²) in [6.45, 7) is 2.48. The molecule has 21 heavy (non-hydrogen) atoms. The zero-order chi connectivity index (χ0) is 14.9. The number of rotatable bonds is 3. The van der Waals surface area contributed by atoms with Crippen molar-refractivity contribution in [3.8, 4) is 5.75 Å². The smallest absolute Gasteiger partial charge is 0.285 e. The number of fused-ring (bicyclic) bond motifs is 1. The van der Waals surface area contributed by atoms with Crippen LogP contribution in [0.1, 0.15) is 12.5 Å². The first-order valence-corrected chi connectivity index (χ1v) is 7.98. The minimum Gasteiger partial charge on any atom is -0.494 e. The first-order valence-electron chi connectivity index (χ1n) is 6.54. The van der Waals surface area contributed by atoms with E-state index in [2.05, 4.69) is 9.71 Å². The van der Waals surface area contributed by atoms with Gasteiger partial charge in [-0.15, -0.1) is 4.40 Å². The van der Waals surface area contributed by atoms with Crippen LogP contribution in [0.3, 0.4) is 0 Å². The van der Waals surface area contributed by atoms with Gasteiger partial charge in [-0.1, -0.05) is 18.2 Å². The maximum atomic E-state index is 12.0. The molecule has 108 valence electrons. The van der Waals surface area contributed by atoms with E-state index in [0.717, 1.165) is 11.4 Å². The maximum Gasteiger partial charge on any atom is 0.285 e. The molecule has 1 heterocycles. The summed E-state index contributed by atoms with van der Waals surface area (Å²) in [5, 5.41) is 3.04. The molecular formula is C15H14N2O3S. The summed E-state index contributed by atoms with van der Waals surface area (Å²) in [6.07, 6.45) is 0. The monoisotopic (exact) mass is 302 g/mol. The third-order valence-corrected chi connectivity index (χ3v) is 4.37. The highest BCUT2D eigenvalue weighted by atomic mass is 32.2. The molecule has 0 unspecified atom stereocenters. The van der Waals surface area contributed by atoms with E-state index in [-0.39, 0.29) is 4.90 Å². The summed E-state index contributed by atoms with van der Waals surface area (Å²) in [5.41, 5.74) is 1.31. The number of hydrogen-bond donors (Lipinski definition) is 1. The van der Waals surface area contributed by atoms with Crippen molar-refractivity contribution in [2.45, 2.75) is 11.8 Å². The van der Waals surface area contributed by atoms with Gasteiger partial charge >= 0.3 is 0 Å². The highest BCUT2D eigenvalue weighted by Crippen LogP contribution is 2.27. The molecule has 1 aliphatic heterocycles. The quantitative estimate of drug-likeness (QED) is 0.946. The molecule has 0 radical (unpaired) electrons. The molecule has 0 atom stereocenters. The summed E-state index contributed by atoms with van der Waals surface area (Å²) in [4.78, 5) is 0.230. The molecule has 0 amide bonds. The number of hydrogen-bond acceptors (Lipinski definition) is 4.